The first-order chi connectivity index (χ1) is 10.0. The summed E-state index contributed by atoms with van der Waals surface area (Å²) in [6, 6.07) is 4.82. The highest BCUT2D eigenvalue weighted by molar-refractivity contribution is 6.33. The smallest absolute Gasteiger partial charge is 0.339 e. The van der Waals surface area contributed by atoms with Gasteiger partial charge in [0.2, 0.25) is 5.91 Å². The number of nitrogens with two attached hydrogens (primary N) is 1. The Hall–Kier alpha value is -1.30. The van der Waals surface area contributed by atoms with Crippen LogP contribution >= 0.6 is 24.0 Å². The molecule has 1 aliphatic carbocycles. The molecule has 1 saturated carbocycles. The predicted octanol–water partition coefficient (Wildman–Crippen LogP) is 3.00. The van der Waals surface area contributed by atoms with Crippen molar-refractivity contribution in [1.29, 1.82) is 0 Å². The van der Waals surface area contributed by atoms with Crippen LogP contribution in [0.2, 0.25) is 5.02 Å². The number of carbonyl (C=O) groups excluding carboxylic acids is 2. The van der Waals surface area contributed by atoms with Crippen molar-refractivity contribution in [2.75, 3.05) is 12.4 Å². The summed E-state index contributed by atoms with van der Waals surface area (Å²) in [7, 11) is 1.29. The monoisotopic (exact) mass is 346 g/mol. The summed E-state index contributed by atoms with van der Waals surface area (Å²) in [6.45, 7) is 0. The van der Waals surface area contributed by atoms with Gasteiger partial charge in [0.15, 0.2) is 0 Å². The van der Waals surface area contributed by atoms with Gasteiger partial charge in [0, 0.05) is 18.2 Å². The number of anilines is 1. The standard InChI is InChI=1S/C15H19ClN2O3.ClH/c1-21-15(20)11-6-5-10(8-12(11)16)18-14(19)7-9-3-2-4-13(9)17;/h5-6,8-9,13H,2-4,7,17H2,1H3,(H,18,19);1H/t9-,13+;/m0./s1. The van der Waals surface area contributed by atoms with Crippen LogP contribution in [0, 0.1) is 5.92 Å². The van der Waals surface area contributed by atoms with Crippen LogP contribution in [-0.4, -0.2) is 25.0 Å². The van der Waals surface area contributed by atoms with Crippen molar-refractivity contribution in [3.05, 3.63) is 28.8 Å². The maximum Gasteiger partial charge on any atom is 0.339 e. The number of amides is 1. The highest BCUT2D eigenvalue weighted by Gasteiger charge is 2.26. The fraction of sp³-hybridized carbons (Fsp3) is 0.467. The molecule has 0 unspecified atom stereocenters. The number of benzene rings is 1. The van der Waals surface area contributed by atoms with Crippen molar-refractivity contribution in [3.63, 3.8) is 0 Å². The van der Waals surface area contributed by atoms with Gasteiger partial charge in [0.25, 0.3) is 0 Å². The third kappa shape index (κ3) is 4.60. The van der Waals surface area contributed by atoms with Crippen molar-refractivity contribution in [1.82, 2.24) is 0 Å². The van der Waals surface area contributed by atoms with E-state index in [1.165, 1.54) is 13.2 Å². The van der Waals surface area contributed by atoms with E-state index in [0.717, 1.165) is 19.3 Å². The van der Waals surface area contributed by atoms with E-state index >= 15 is 0 Å². The number of halogens is 2. The van der Waals surface area contributed by atoms with Crippen LogP contribution in [0.4, 0.5) is 5.69 Å². The van der Waals surface area contributed by atoms with Crippen LogP contribution in [0.1, 0.15) is 36.0 Å². The number of methoxy groups -OCH3 is 1. The minimum Gasteiger partial charge on any atom is -0.465 e. The van der Waals surface area contributed by atoms with Crippen LogP contribution in [0.3, 0.4) is 0 Å². The number of esters is 1. The summed E-state index contributed by atoms with van der Waals surface area (Å²) in [5.74, 6) is -0.344. The van der Waals surface area contributed by atoms with Gasteiger partial charge in [-0.2, -0.15) is 0 Å². The molecule has 1 aromatic rings. The lowest BCUT2D eigenvalue weighted by Gasteiger charge is -2.15. The lowest BCUT2D eigenvalue weighted by molar-refractivity contribution is -0.117. The van der Waals surface area contributed by atoms with E-state index in [1.807, 2.05) is 0 Å². The SMILES string of the molecule is COC(=O)c1ccc(NC(=O)C[C@@H]2CCC[C@H]2N)cc1Cl.Cl. The van der Waals surface area contributed by atoms with Crippen LogP contribution < -0.4 is 11.1 Å². The quantitative estimate of drug-likeness (QED) is 0.821. The summed E-state index contributed by atoms with van der Waals surface area (Å²) in [5, 5.41) is 3.03. The number of carbonyl (C=O) groups is 2. The highest BCUT2D eigenvalue weighted by Crippen LogP contribution is 2.27. The van der Waals surface area contributed by atoms with Gasteiger partial charge in [-0.3, -0.25) is 4.79 Å². The molecule has 0 heterocycles. The molecule has 0 spiro atoms. The van der Waals surface area contributed by atoms with Gasteiger partial charge in [0.1, 0.15) is 0 Å². The molecule has 0 saturated heterocycles. The fourth-order valence-electron chi connectivity index (χ4n) is 2.64. The lowest BCUT2D eigenvalue weighted by atomic mass is 10.00. The Labute approximate surface area is 140 Å². The molecule has 3 N–H and O–H groups in total. The average molecular weight is 347 g/mol. The second kappa shape index (κ2) is 8.36. The molecule has 0 bridgehead atoms. The van der Waals surface area contributed by atoms with Gasteiger partial charge in [-0.1, -0.05) is 18.0 Å². The van der Waals surface area contributed by atoms with Crippen LogP contribution in [-0.2, 0) is 9.53 Å². The Morgan fingerprint density at radius 3 is 2.68 bits per heavy atom. The van der Waals surface area contributed by atoms with E-state index < -0.39 is 5.97 Å². The van der Waals surface area contributed by atoms with Gasteiger partial charge in [0.05, 0.1) is 17.7 Å². The van der Waals surface area contributed by atoms with Crippen molar-refractivity contribution in [3.8, 4) is 0 Å². The number of hydrogen-bond acceptors (Lipinski definition) is 4. The Balaban J connectivity index is 0.00000242. The molecule has 22 heavy (non-hydrogen) atoms. The predicted molar refractivity (Wildman–Crippen MR) is 88.6 cm³/mol. The molecule has 7 heteroatoms. The van der Waals surface area contributed by atoms with Crippen LogP contribution in [0.5, 0.6) is 0 Å². The fourth-order valence-corrected chi connectivity index (χ4v) is 2.90. The third-order valence-electron chi connectivity index (χ3n) is 3.82. The first kappa shape index (κ1) is 18.7. The normalized spacial score (nSPS) is 20.1. The number of ether oxygens (including phenoxy) is 1. The number of rotatable bonds is 4. The van der Waals surface area contributed by atoms with Crippen molar-refractivity contribution in [2.24, 2.45) is 11.7 Å². The summed E-state index contributed by atoms with van der Waals surface area (Å²) in [4.78, 5) is 23.4. The maximum atomic E-state index is 12.0. The molecular weight excluding hydrogens is 327 g/mol. The molecule has 0 aliphatic heterocycles. The van der Waals surface area contributed by atoms with E-state index in [9.17, 15) is 9.59 Å². The molecule has 0 radical (unpaired) electrons. The second-order valence-electron chi connectivity index (χ2n) is 5.29. The molecule has 1 fully saturated rings. The van der Waals surface area contributed by atoms with Gasteiger partial charge in [-0.05, 0) is 37.0 Å². The molecule has 1 aliphatic rings. The molecule has 1 aromatic carbocycles. The van der Waals surface area contributed by atoms with E-state index in [-0.39, 0.29) is 40.9 Å². The molecule has 2 rings (SSSR count). The van der Waals surface area contributed by atoms with Crippen molar-refractivity contribution >= 4 is 41.6 Å². The van der Waals surface area contributed by atoms with Crippen LogP contribution in [0.25, 0.3) is 0 Å². The van der Waals surface area contributed by atoms with E-state index in [4.69, 9.17) is 17.3 Å². The topological polar surface area (TPSA) is 81.4 Å². The third-order valence-corrected chi connectivity index (χ3v) is 4.14. The Morgan fingerprint density at radius 1 is 1.41 bits per heavy atom. The lowest BCUT2D eigenvalue weighted by Crippen LogP contribution is -2.28. The zero-order valence-electron chi connectivity index (χ0n) is 12.3. The van der Waals surface area contributed by atoms with Gasteiger partial charge >= 0.3 is 5.97 Å². The minimum atomic E-state index is -0.505. The van der Waals surface area contributed by atoms with E-state index in [0.29, 0.717) is 12.1 Å². The molecule has 2 atom stereocenters. The molecule has 122 valence electrons. The Morgan fingerprint density at radius 2 is 2.14 bits per heavy atom. The Kier molecular flexibility index (Phi) is 7.13. The number of nitrogens with one attached hydrogen (secondary N) is 1. The summed E-state index contributed by atoms with van der Waals surface area (Å²) in [6.07, 6.45) is 3.48. The molecule has 0 aromatic heterocycles. The van der Waals surface area contributed by atoms with E-state index in [2.05, 4.69) is 10.1 Å². The zero-order valence-corrected chi connectivity index (χ0v) is 13.9. The molecule has 5 nitrogen and oxygen atoms in total. The van der Waals surface area contributed by atoms with Crippen molar-refractivity contribution in [2.45, 2.75) is 31.7 Å². The first-order valence-corrected chi connectivity index (χ1v) is 7.32. The van der Waals surface area contributed by atoms with E-state index in [1.54, 1.807) is 12.1 Å². The molecular formula is C15H20Cl2N2O3. The van der Waals surface area contributed by atoms with Crippen LogP contribution in [0.15, 0.2) is 18.2 Å². The summed E-state index contributed by atoms with van der Waals surface area (Å²) < 4.78 is 4.61. The van der Waals surface area contributed by atoms with Gasteiger partial charge in [-0.15, -0.1) is 12.4 Å². The summed E-state index contributed by atoms with van der Waals surface area (Å²) >= 11 is 6.01. The largest absolute Gasteiger partial charge is 0.465 e. The highest BCUT2D eigenvalue weighted by atomic mass is 35.5. The van der Waals surface area contributed by atoms with Gasteiger partial charge in [-0.25, -0.2) is 4.79 Å². The Bertz CT molecular complexity index is 552. The first-order valence-electron chi connectivity index (χ1n) is 6.94. The summed E-state index contributed by atoms with van der Waals surface area (Å²) in [5.41, 5.74) is 6.79. The zero-order chi connectivity index (χ0) is 15.4. The average Bonchev–Trinajstić information content (AvgIpc) is 2.83. The van der Waals surface area contributed by atoms with Gasteiger partial charge < -0.3 is 15.8 Å². The maximum absolute atomic E-state index is 12.0. The minimum absolute atomic E-state index is 0. The number of hydrogen-bond donors (Lipinski definition) is 2. The second-order valence-corrected chi connectivity index (χ2v) is 5.70. The van der Waals surface area contributed by atoms with Crippen molar-refractivity contribution < 1.29 is 14.3 Å². The molecule has 1 amide bonds.